The molecule has 0 aliphatic heterocycles. The average Bonchev–Trinajstić information content (AvgIpc) is 2.52. The van der Waals surface area contributed by atoms with Crippen molar-refractivity contribution >= 4 is 15.9 Å². The van der Waals surface area contributed by atoms with Crippen molar-refractivity contribution in [2.24, 2.45) is 5.14 Å². The van der Waals surface area contributed by atoms with Gasteiger partial charge in [-0.2, -0.15) is 0 Å². The van der Waals surface area contributed by atoms with E-state index < -0.39 is 15.9 Å². The summed E-state index contributed by atoms with van der Waals surface area (Å²) < 4.78 is 27.9. The highest BCUT2D eigenvalue weighted by Crippen LogP contribution is 2.22. The van der Waals surface area contributed by atoms with Gasteiger partial charge in [-0.05, 0) is 23.8 Å². The molecule has 116 valence electrons. The number of carbonyl (C=O) groups is 1. The molecule has 0 heterocycles. The lowest BCUT2D eigenvalue weighted by atomic mass is 10.1. The second-order valence-electron chi connectivity index (χ2n) is 4.58. The molecule has 0 spiro atoms. The number of rotatable bonds is 5. The van der Waals surface area contributed by atoms with Crippen molar-refractivity contribution in [3.63, 3.8) is 0 Å². The van der Waals surface area contributed by atoms with Crippen LogP contribution in [0, 0.1) is 0 Å². The van der Waals surface area contributed by atoms with Gasteiger partial charge >= 0.3 is 0 Å². The van der Waals surface area contributed by atoms with Crippen molar-refractivity contribution in [1.29, 1.82) is 0 Å². The zero-order valence-corrected chi connectivity index (χ0v) is 12.8. The van der Waals surface area contributed by atoms with Gasteiger partial charge in [0.2, 0.25) is 10.0 Å². The zero-order chi connectivity index (χ0) is 16.2. The van der Waals surface area contributed by atoms with Crippen molar-refractivity contribution in [1.82, 2.24) is 5.32 Å². The summed E-state index contributed by atoms with van der Waals surface area (Å²) in [6.07, 6.45) is 0. The number of carbonyl (C=O) groups excluding carboxylic acids is 1. The summed E-state index contributed by atoms with van der Waals surface area (Å²) in [6.45, 7) is 0.322. The Labute approximate surface area is 129 Å². The van der Waals surface area contributed by atoms with E-state index >= 15 is 0 Å². The second kappa shape index (κ2) is 6.59. The summed E-state index contributed by atoms with van der Waals surface area (Å²) in [5, 5.41) is 7.80. The molecule has 0 aromatic heterocycles. The lowest BCUT2D eigenvalue weighted by molar-refractivity contribution is 0.0947. The van der Waals surface area contributed by atoms with E-state index in [2.05, 4.69) is 5.32 Å². The SMILES string of the molecule is COc1ccc(S(N)(=O)=O)cc1C(=O)NCc1ccccc1. The molecule has 0 saturated carbocycles. The third-order valence-electron chi connectivity index (χ3n) is 3.04. The van der Waals surface area contributed by atoms with Crippen LogP contribution in [0.15, 0.2) is 53.4 Å². The smallest absolute Gasteiger partial charge is 0.255 e. The van der Waals surface area contributed by atoms with Crippen LogP contribution in [-0.4, -0.2) is 21.4 Å². The lowest BCUT2D eigenvalue weighted by Crippen LogP contribution is -2.24. The molecular weight excluding hydrogens is 304 g/mol. The van der Waals surface area contributed by atoms with E-state index in [0.717, 1.165) is 5.56 Å². The highest BCUT2D eigenvalue weighted by molar-refractivity contribution is 7.89. The van der Waals surface area contributed by atoms with Gasteiger partial charge in [-0.1, -0.05) is 30.3 Å². The molecule has 2 rings (SSSR count). The molecule has 6 nitrogen and oxygen atoms in total. The van der Waals surface area contributed by atoms with Gasteiger partial charge in [0.15, 0.2) is 0 Å². The number of amides is 1. The van der Waals surface area contributed by atoms with E-state index in [4.69, 9.17) is 9.88 Å². The maximum absolute atomic E-state index is 12.3. The van der Waals surface area contributed by atoms with E-state index in [1.807, 2.05) is 30.3 Å². The van der Waals surface area contributed by atoms with Crippen LogP contribution in [-0.2, 0) is 16.6 Å². The van der Waals surface area contributed by atoms with Gasteiger partial charge in [-0.15, -0.1) is 0 Å². The van der Waals surface area contributed by atoms with E-state index in [9.17, 15) is 13.2 Å². The van der Waals surface area contributed by atoms with Crippen LogP contribution in [0.2, 0.25) is 0 Å². The fraction of sp³-hybridized carbons (Fsp3) is 0.133. The first-order valence-electron chi connectivity index (χ1n) is 6.45. The molecule has 0 saturated heterocycles. The Morgan fingerprint density at radius 3 is 2.45 bits per heavy atom. The highest BCUT2D eigenvalue weighted by atomic mass is 32.2. The van der Waals surface area contributed by atoms with Crippen molar-refractivity contribution in [2.45, 2.75) is 11.4 Å². The second-order valence-corrected chi connectivity index (χ2v) is 6.14. The third kappa shape index (κ3) is 3.84. The Bertz CT molecular complexity index is 773. The van der Waals surface area contributed by atoms with Crippen LogP contribution in [0.5, 0.6) is 5.75 Å². The standard InChI is InChI=1S/C15H16N2O4S/c1-21-14-8-7-12(22(16,19)20)9-13(14)15(18)17-10-11-5-3-2-4-6-11/h2-9H,10H2,1H3,(H,17,18)(H2,16,19,20). The Kier molecular flexibility index (Phi) is 4.79. The molecule has 0 bridgehead atoms. The van der Waals surface area contributed by atoms with Crippen LogP contribution < -0.4 is 15.2 Å². The fourth-order valence-corrected chi connectivity index (χ4v) is 2.45. The number of ether oxygens (including phenoxy) is 1. The van der Waals surface area contributed by atoms with Crippen LogP contribution >= 0.6 is 0 Å². The normalized spacial score (nSPS) is 11.0. The molecule has 22 heavy (non-hydrogen) atoms. The zero-order valence-electron chi connectivity index (χ0n) is 11.9. The monoisotopic (exact) mass is 320 g/mol. The minimum Gasteiger partial charge on any atom is -0.496 e. The summed E-state index contributed by atoms with van der Waals surface area (Å²) in [5.41, 5.74) is 1.04. The van der Waals surface area contributed by atoms with Crippen molar-refractivity contribution < 1.29 is 17.9 Å². The molecule has 1 amide bonds. The molecule has 2 aromatic carbocycles. The first kappa shape index (κ1) is 16.0. The minimum absolute atomic E-state index is 0.116. The number of hydrogen-bond acceptors (Lipinski definition) is 4. The molecule has 3 N–H and O–H groups in total. The van der Waals surface area contributed by atoms with E-state index in [-0.39, 0.29) is 16.2 Å². The van der Waals surface area contributed by atoms with Crippen molar-refractivity contribution in [3.8, 4) is 5.75 Å². The van der Waals surface area contributed by atoms with Gasteiger partial charge in [0.25, 0.3) is 5.91 Å². The van der Waals surface area contributed by atoms with Crippen LogP contribution in [0.4, 0.5) is 0 Å². The molecule has 0 unspecified atom stereocenters. The molecule has 0 radical (unpaired) electrons. The minimum atomic E-state index is -3.89. The van der Waals surface area contributed by atoms with Crippen LogP contribution in [0.3, 0.4) is 0 Å². The Morgan fingerprint density at radius 2 is 1.86 bits per heavy atom. The van der Waals surface area contributed by atoms with Gasteiger partial charge in [-0.3, -0.25) is 4.79 Å². The quantitative estimate of drug-likeness (QED) is 0.866. The van der Waals surface area contributed by atoms with Gasteiger partial charge in [0.1, 0.15) is 5.75 Å². The predicted octanol–water partition coefficient (Wildman–Crippen LogP) is 1.27. The molecule has 0 atom stereocenters. The van der Waals surface area contributed by atoms with Crippen LogP contribution in [0.25, 0.3) is 0 Å². The summed E-state index contributed by atoms with van der Waals surface area (Å²) in [7, 11) is -2.48. The van der Waals surface area contributed by atoms with Crippen molar-refractivity contribution in [3.05, 3.63) is 59.7 Å². The summed E-state index contributed by atoms with van der Waals surface area (Å²) in [6, 6.07) is 13.3. The Morgan fingerprint density at radius 1 is 1.18 bits per heavy atom. The number of primary sulfonamides is 1. The first-order valence-corrected chi connectivity index (χ1v) is 7.99. The van der Waals surface area contributed by atoms with Gasteiger partial charge < -0.3 is 10.1 Å². The number of benzene rings is 2. The fourth-order valence-electron chi connectivity index (χ4n) is 1.91. The largest absolute Gasteiger partial charge is 0.496 e. The van der Waals surface area contributed by atoms with E-state index in [1.165, 1.54) is 25.3 Å². The Hall–Kier alpha value is -2.38. The number of nitrogens with one attached hydrogen (secondary N) is 1. The van der Waals surface area contributed by atoms with E-state index in [0.29, 0.717) is 6.54 Å². The topological polar surface area (TPSA) is 98.5 Å². The average molecular weight is 320 g/mol. The van der Waals surface area contributed by atoms with Gasteiger partial charge in [0, 0.05) is 6.54 Å². The summed E-state index contributed by atoms with van der Waals surface area (Å²) in [4.78, 5) is 12.1. The summed E-state index contributed by atoms with van der Waals surface area (Å²) in [5.74, 6) is -0.163. The van der Waals surface area contributed by atoms with Crippen molar-refractivity contribution in [2.75, 3.05) is 7.11 Å². The number of hydrogen-bond donors (Lipinski definition) is 2. The molecule has 0 aliphatic carbocycles. The van der Waals surface area contributed by atoms with Gasteiger partial charge in [-0.25, -0.2) is 13.6 Å². The molecule has 0 aliphatic rings. The Balaban J connectivity index is 2.24. The van der Waals surface area contributed by atoms with Crippen LogP contribution in [0.1, 0.15) is 15.9 Å². The number of nitrogens with two attached hydrogens (primary N) is 1. The molecular formula is C15H16N2O4S. The number of methoxy groups -OCH3 is 1. The lowest BCUT2D eigenvalue weighted by Gasteiger charge is -2.10. The predicted molar refractivity (Wildman–Crippen MR) is 82.0 cm³/mol. The molecule has 7 heteroatoms. The van der Waals surface area contributed by atoms with Gasteiger partial charge in [0.05, 0.1) is 17.6 Å². The third-order valence-corrected chi connectivity index (χ3v) is 3.95. The summed E-state index contributed by atoms with van der Waals surface area (Å²) >= 11 is 0. The highest BCUT2D eigenvalue weighted by Gasteiger charge is 2.17. The maximum atomic E-state index is 12.3. The molecule has 0 fully saturated rings. The first-order chi connectivity index (χ1) is 10.4. The number of sulfonamides is 1. The maximum Gasteiger partial charge on any atom is 0.255 e. The molecule has 2 aromatic rings. The van der Waals surface area contributed by atoms with E-state index in [1.54, 1.807) is 0 Å².